The van der Waals surface area contributed by atoms with E-state index < -0.39 is 0 Å². The lowest BCUT2D eigenvalue weighted by molar-refractivity contribution is 0.264. The van der Waals surface area contributed by atoms with Gasteiger partial charge >= 0.3 is 0 Å². The van der Waals surface area contributed by atoms with Crippen molar-refractivity contribution in [2.24, 2.45) is 0 Å². The molecule has 5 rings (SSSR count). The Morgan fingerprint density at radius 3 is 1.95 bits per heavy atom. The second kappa shape index (κ2) is 11.8. The maximum Gasteiger partial charge on any atom is 0.0502 e. The molecule has 1 heteroatoms. The van der Waals surface area contributed by atoms with Gasteiger partial charge in [-0.25, -0.2) is 0 Å². The Bertz CT molecular complexity index is 1440. The van der Waals surface area contributed by atoms with Crippen LogP contribution >= 0.6 is 0 Å². The van der Waals surface area contributed by atoms with Crippen LogP contribution in [0.4, 0.5) is 0 Å². The highest BCUT2D eigenvalue weighted by atomic mass is 16.3. The molecule has 0 saturated heterocycles. The molecule has 1 nitrogen and oxygen atoms in total. The maximum atomic E-state index is 9.78. The van der Waals surface area contributed by atoms with E-state index in [2.05, 4.69) is 111 Å². The topological polar surface area (TPSA) is 20.2 Å². The average molecular weight is 499 g/mol. The zero-order valence-corrected chi connectivity index (χ0v) is 22.7. The van der Waals surface area contributed by atoms with Crippen molar-refractivity contribution in [2.75, 3.05) is 6.61 Å². The van der Waals surface area contributed by atoms with E-state index in [9.17, 15) is 5.11 Å². The minimum Gasteiger partial charge on any atom is -0.396 e. The summed E-state index contributed by atoms with van der Waals surface area (Å²) in [5.41, 5.74) is 14.4. The molecule has 0 aliphatic heterocycles. The van der Waals surface area contributed by atoms with E-state index in [0.717, 1.165) is 43.2 Å². The molecule has 1 aliphatic carbocycles. The molecule has 1 unspecified atom stereocenters. The fourth-order valence-electron chi connectivity index (χ4n) is 5.71. The van der Waals surface area contributed by atoms with Gasteiger partial charge in [-0.2, -0.15) is 0 Å². The van der Waals surface area contributed by atoms with E-state index in [-0.39, 0.29) is 12.5 Å². The molecule has 0 radical (unpaired) electrons. The zero-order valence-electron chi connectivity index (χ0n) is 22.7. The first kappa shape index (κ1) is 25.9. The van der Waals surface area contributed by atoms with Crippen LogP contribution in [-0.4, -0.2) is 11.7 Å². The second-order valence-corrected chi connectivity index (χ2v) is 10.7. The van der Waals surface area contributed by atoms with E-state index in [1.165, 1.54) is 50.1 Å². The van der Waals surface area contributed by atoms with Crippen molar-refractivity contribution in [1.29, 1.82) is 0 Å². The molecule has 4 aromatic carbocycles. The molecule has 4 aromatic rings. The molecule has 1 atom stereocenters. The normalized spacial score (nSPS) is 13.2. The average Bonchev–Trinajstić information content (AvgIpc) is 2.95. The van der Waals surface area contributed by atoms with Crippen molar-refractivity contribution < 1.29 is 5.11 Å². The Morgan fingerprint density at radius 2 is 1.34 bits per heavy atom. The summed E-state index contributed by atoms with van der Waals surface area (Å²) in [5.74, 6) is 0.116. The first-order valence-electron chi connectivity index (χ1n) is 13.9. The number of benzene rings is 4. The second-order valence-electron chi connectivity index (χ2n) is 10.7. The van der Waals surface area contributed by atoms with Gasteiger partial charge in [0, 0.05) is 5.92 Å². The van der Waals surface area contributed by atoms with Crippen LogP contribution in [0.5, 0.6) is 0 Å². The lowest BCUT2D eigenvalue weighted by Gasteiger charge is -2.21. The largest absolute Gasteiger partial charge is 0.396 e. The zero-order chi connectivity index (χ0) is 26.5. The highest BCUT2D eigenvalue weighted by molar-refractivity contribution is 5.78. The van der Waals surface area contributed by atoms with Crippen LogP contribution in [0.3, 0.4) is 0 Å². The van der Waals surface area contributed by atoms with Gasteiger partial charge in [-0.15, -0.1) is 6.58 Å². The Balaban J connectivity index is 1.32. The van der Waals surface area contributed by atoms with E-state index in [1.807, 2.05) is 6.92 Å². The van der Waals surface area contributed by atoms with Crippen LogP contribution in [0.25, 0.3) is 33.4 Å². The standard InChI is InChI=1S/C37H38O/c1-4-5-6-7-27-8-20-36-33(23-27)17-18-34-24-32(19-21-37(34)36)30-13-9-28(10-14-30)29-11-15-31(16-12-29)35(25-38)22-26(2)3/h4-5,8-16,19-21,23-24,35,38H,2,6-7,17-18,22,25H2,1,3H3/b5-4+. The molecule has 0 heterocycles. The number of aliphatic hydroxyl groups excluding tert-OH is 1. The number of aliphatic hydroxyl groups is 1. The van der Waals surface area contributed by atoms with Crippen molar-refractivity contribution in [3.05, 3.63) is 131 Å². The van der Waals surface area contributed by atoms with Crippen LogP contribution in [-0.2, 0) is 19.3 Å². The van der Waals surface area contributed by atoms with E-state index in [0.29, 0.717) is 0 Å². The molecular formula is C37H38O. The van der Waals surface area contributed by atoms with Gasteiger partial charge in [0.1, 0.15) is 0 Å². The fourth-order valence-corrected chi connectivity index (χ4v) is 5.71. The predicted molar refractivity (Wildman–Crippen MR) is 163 cm³/mol. The summed E-state index contributed by atoms with van der Waals surface area (Å²) in [6, 6.07) is 31.5. The molecule has 192 valence electrons. The van der Waals surface area contributed by atoms with Gasteiger partial charge in [0.05, 0.1) is 6.61 Å². The Labute approximate surface area is 228 Å². The lowest BCUT2D eigenvalue weighted by atomic mass is 9.83. The van der Waals surface area contributed by atoms with Crippen molar-refractivity contribution in [1.82, 2.24) is 0 Å². The van der Waals surface area contributed by atoms with E-state index >= 15 is 0 Å². The van der Waals surface area contributed by atoms with Crippen molar-refractivity contribution in [2.45, 2.75) is 51.9 Å². The molecular weight excluding hydrogens is 460 g/mol. The molecule has 0 amide bonds. The minimum absolute atomic E-state index is 0.116. The van der Waals surface area contributed by atoms with E-state index in [4.69, 9.17) is 0 Å². The molecule has 0 bridgehead atoms. The van der Waals surface area contributed by atoms with Crippen molar-refractivity contribution >= 4 is 0 Å². The van der Waals surface area contributed by atoms with Crippen LogP contribution < -0.4 is 0 Å². The Morgan fingerprint density at radius 1 is 0.789 bits per heavy atom. The number of aryl methyl sites for hydroxylation is 3. The van der Waals surface area contributed by atoms with Crippen LogP contribution in [0.15, 0.2) is 109 Å². The molecule has 38 heavy (non-hydrogen) atoms. The predicted octanol–water partition coefficient (Wildman–Crippen LogP) is 9.34. The first-order valence-corrected chi connectivity index (χ1v) is 13.9. The summed E-state index contributed by atoms with van der Waals surface area (Å²) in [6.45, 7) is 8.25. The summed E-state index contributed by atoms with van der Waals surface area (Å²) in [5, 5.41) is 9.78. The highest BCUT2D eigenvalue weighted by Gasteiger charge is 2.17. The van der Waals surface area contributed by atoms with Crippen LogP contribution in [0, 0.1) is 0 Å². The van der Waals surface area contributed by atoms with Crippen molar-refractivity contribution in [3.8, 4) is 33.4 Å². The summed E-state index contributed by atoms with van der Waals surface area (Å²) in [6.07, 6.45) is 9.63. The van der Waals surface area contributed by atoms with Crippen LogP contribution in [0.1, 0.15) is 54.9 Å². The summed E-state index contributed by atoms with van der Waals surface area (Å²) >= 11 is 0. The lowest BCUT2D eigenvalue weighted by Crippen LogP contribution is -2.05. The van der Waals surface area contributed by atoms with Crippen molar-refractivity contribution in [3.63, 3.8) is 0 Å². The molecule has 0 aromatic heterocycles. The third-order valence-electron chi connectivity index (χ3n) is 7.81. The van der Waals surface area contributed by atoms with Gasteiger partial charge in [-0.3, -0.25) is 0 Å². The third-order valence-corrected chi connectivity index (χ3v) is 7.81. The monoisotopic (exact) mass is 498 g/mol. The minimum atomic E-state index is 0.116. The molecule has 0 saturated carbocycles. The summed E-state index contributed by atoms with van der Waals surface area (Å²) in [4.78, 5) is 0. The van der Waals surface area contributed by atoms with Crippen LogP contribution in [0.2, 0.25) is 0 Å². The van der Waals surface area contributed by atoms with Gasteiger partial charge in [0.25, 0.3) is 0 Å². The molecule has 1 aliphatic rings. The Hall–Kier alpha value is -3.68. The number of fused-ring (bicyclic) bond motifs is 3. The summed E-state index contributed by atoms with van der Waals surface area (Å²) in [7, 11) is 0. The van der Waals surface area contributed by atoms with E-state index in [1.54, 1.807) is 0 Å². The summed E-state index contributed by atoms with van der Waals surface area (Å²) < 4.78 is 0. The molecule has 0 spiro atoms. The quantitative estimate of drug-likeness (QED) is 0.228. The highest BCUT2D eigenvalue weighted by Crippen LogP contribution is 2.37. The third kappa shape index (κ3) is 5.74. The smallest absolute Gasteiger partial charge is 0.0502 e. The first-order chi connectivity index (χ1) is 18.6. The van der Waals surface area contributed by atoms with Gasteiger partial charge in [-0.1, -0.05) is 103 Å². The Kier molecular flexibility index (Phi) is 8.05. The van der Waals surface area contributed by atoms with Gasteiger partial charge < -0.3 is 5.11 Å². The SMILES string of the molecule is C=C(C)CC(CO)c1ccc(-c2ccc(-c3ccc4c(c3)CCc3cc(CC/C=C/C)ccc3-4)cc2)cc1. The number of hydrogen-bond donors (Lipinski definition) is 1. The van der Waals surface area contributed by atoms with Gasteiger partial charge in [0.2, 0.25) is 0 Å². The molecule has 1 N–H and O–H groups in total. The number of hydrogen-bond acceptors (Lipinski definition) is 1. The maximum absolute atomic E-state index is 9.78. The fraction of sp³-hybridized carbons (Fsp3) is 0.243. The number of allylic oxidation sites excluding steroid dienone is 3. The number of rotatable bonds is 9. The molecule has 0 fully saturated rings. The van der Waals surface area contributed by atoms with Gasteiger partial charge in [0.15, 0.2) is 0 Å². The van der Waals surface area contributed by atoms with Gasteiger partial charge in [-0.05, 0) is 102 Å².